The van der Waals surface area contributed by atoms with Crippen LogP contribution >= 0.6 is 0 Å². The lowest BCUT2D eigenvalue weighted by atomic mass is 10.3. The molecular formula is C7H11F. The Hall–Kier alpha value is -0.330. The molecule has 8 heavy (non-hydrogen) atoms. The van der Waals surface area contributed by atoms with E-state index in [9.17, 15) is 4.39 Å². The normalized spacial score (nSPS) is 21.5. The standard InChI is InChI=1S/C7H11F/c1-2-7(8)5-6-3-4-6/h5-6H,2-4H2,1H3/b7-5+. The molecular weight excluding hydrogens is 103 g/mol. The first kappa shape index (κ1) is 5.80. The lowest BCUT2D eigenvalue weighted by Gasteiger charge is -1.85. The smallest absolute Gasteiger partial charge is 0.0959 e. The third-order valence-electron chi connectivity index (χ3n) is 1.38. The molecule has 0 N–H and O–H groups in total. The topological polar surface area (TPSA) is 0 Å². The molecule has 1 heteroatoms. The van der Waals surface area contributed by atoms with Crippen LogP contribution in [0.15, 0.2) is 11.9 Å². The average molecular weight is 114 g/mol. The predicted octanol–water partition coefficient (Wildman–Crippen LogP) is 2.66. The molecule has 0 nitrogen and oxygen atoms in total. The van der Waals surface area contributed by atoms with Crippen LogP contribution in [-0.4, -0.2) is 0 Å². The van der Waals surface area contributed by atoms with Crippen LogP contribution in [0.4, 0.5) is 4.39 Å². The molecule has 46 valence electrons. The van der Waals surface area contributed by atoms with Crippen LogP contribution in [-0.2, 0) is 0 Å². The van der Waals surface area contributed by atoms with Crippen molar-refractivity contribution in [3.63, 3.8) is 0 Å². The average Bonchev–Trinajstić information content (AvgIpc) is 2.50. The van der Waals surface area contributed by atoms with Crippen molar-refractivity contribution >= 4 is 0 Å². The van der Waals surface area contributed by atoms with Crippen LogP contribution < -0.4 is 0 Å². The highest BCUT2D eigenvalue weighted by molar-refractivity contribution is 5.00. The van der Waals surface area contributed by atoms with Gasteiger partial charge in [0.2, 0.25) is 0 Å². The van der Waals surface area contributed by atoms with Gasteiger partial charge >= 0.3 is 0 Å². The van der Waals surface area contributed by atoms with E-state index in [1.165, 1.54) is 12.8 Å². The maximum absolute atomic E-state index is 12.3. The van der Waals surface area contributed by atoms with Crippen LogP contribution in [0.25, 0.3) is 0 Å². The molecule has 0 aliphatic heterocycles. The molecule has 1 rings (SSSR count). The van der Waals surface area contributed by atoms with Gasteiger partial charge in [-0.05, 0) is 31.3 Å². The summed E-state index contributed by atoms with van der Waals surface area (Å²) < 4.78 is 12.3. The third kappa shape index (κ3) is 1.65. The Morgan fingerprint density at radius 3 is 2.75 bits per heavy atom. The van der Waals surface area contributed by atoms with Gasteiger partial charge in [0, 0.05) is 0 Å². The fraction of sp³-hybridized carbons (Fsp3) is 0.714. The summed E-state index contributed by atoms with van der Waals surface area (Å²) in [4.78, 5) is 0. The van der Waals surface area contributed by atoms with Gasteiger partial charge in [0.1, 0.15) is 0 Å². The molecule has 1 aliphatic rings. The Bertz CT molecular complexity index is 101. The molecule has 0 radical (unpaired) electrons. The first-order valence-electron chi connectivity index (χ1n) is 3.19. The van der Waals surface area contributed by atoms with Gasteiger partial charge < -0.3 is 0 Å². The summed E-state index contributed by atoms with van der Waals surface area (Å²) in [5, 5.41) is 0. The molecule has 0 unspecified atom stereocenters. The van der Waals surface area contributed by atoms with E-state index < -0.39 is 0 Å². The zero-order chi connectivity index (χ0) is 5.98. The Balaban J connectivity index is 2.27. The van der Waals surface area contributed by atoms with Crippen molar-refractivity contribution < 1.29 is 4.39 Å². The zero-order valence-electron chi connectivity index (χ0n) is 5.15. The van der Waals surface area contributed by atoms with E-state index in [2.05, 4.69) is 0 Å². The largest absolute Gasteiger partial charge is 0.212 e. The highest BCUT2D eigenvalue weighted by atomic mass is 19.1. The van der Waals surface area contributed by atoms with Gasteiger partial charge in [-0.1, -0.05) is 6.92 Å². The van der Waals surface area contributed by atoms with Crippen molar-refractivity contribution in [2.45, 2.75) is 26.2 Å². The Labute approximate surface area is 49.4 Å². The first-order valence-corrected chi connectivity index (χ1v) is 3.19. The third-order valence-corrected chi connectivity index (χ3v) is 1.38. The Morgan fingerprint density at radius 2 is 2.38 bits per heavy atom. The maximum atomic E-state index is 12.3. The van der Waals surface area contributed by atoms with Crippen LogP contribution in [0.2, 0.25) is 0 Å². The summed E-state index contributed by atoms with van der Waals surface area (Å²) in [6.07, 6.45) is 4.72. The molecule has 0 aromatic carbocycles. The summed E-state index contributed by atoms with van der Waals surface area (Å²) in [5.41, 5.74) is 0. The molecule has 0 aromatic rings. The van der Waals surface area contributed by atoms with E-state index in [0.29, 0.717) is 12.3 Å². The second-order valence-corrected chi connectivity index (χ2v) is 2.30. The second-order valence-electron chi connectivity index (χ2n) is 2.30. The SMILES string of the molecule is CC/C(F)=C\C1CC1. The molecule has 0 aromatic heterocycles. The molecule has 0 saturated heterocycles. The lowest BCUT2D eigenvalue weighted by Crippen LogP contribution is -1.69. The molecule has 0 atom stereocenters. The van der Waals surface area contributed by atoms with E-state index in [1.54, 1.807) is 6.08 Å². The van der Waals surface area contributed by atoms with Gasteiger partial charge in [0.05, 0.1) is 5.83 Å². The molecule has 0 heterocycles. The van der Waals surface area contributed by atoms with Gasteiger partial charge in [-0.25, -0.2) is 4.39 Å². The maximum Gasteiger partial charge on any atom is 0.0959 e. The van der Waals surface area contributed by atoms with Gasteiger partial charge in [-0.2, -0.15) is 0 Å². The minimum absolute atomic E-state index is 0.0625. The predicted molar refractivity (Wildman–Crippen MR) is 32.2 cm³/mol. The molecule has 0 spiro atoms. The lowest BCUT2D eigenvalue weighted by molar-refractivity contribution is 0.596. The van der Waals surface area contributed by atoms with Gasteiger partial charge in [0.15, 0.2) is 0 Å². The highest BCUT2D eigenvalue weighted by Crippen LogP contribution is 2.31. The Kier molecular flexibility index (Phi) is 1.66. The zero-order valence-corrected chi connectivity index (χ0v) is 5.15. The molecule has 0 amide bonds. The van der Waals surface area contributed by atoms with E-state index in [1.807, 2.05) is 6.92 Å². The summed E-state index contributed by atoms with van der Waals surface area (Å²) in [7, 11) is 0. The van der Waals surface area contributed by atoms with E-state index in [4.69, 9.17) is 0 Å². The van der Waals surface area contributed by atoms with E-state index in [0.717, 1.165) is 0 Å². The van der Waals surface area contributed by atoms with Crippen molar-refractivity contribution in [2.75, 3.05) is 0 Å². The van der Waals surface area contributed by atoms with Crippen molar-refractivity contribution in [1.82, 2.24) is 0 Å². The minimum atomic E-state index is 0.0625. The number of allylic oxidation sites excluding steroid dienone is 2. The summed E-state index contributed by atoms with van der Waals surface area (Å²) in [6, 6.07) is 0. The summed E-state index contributed by atoms with van der Waals surface area (Å²) >= 11 is 0. The van der Waals surface area contributed by atoms with Crippen molar-refractivity contribution in [3.8, 4) is 0 Å². The fourth-order valence-corrected chi connectivity index (χ4v) is 0.636. The number of hydrogen-bond acceptors (Lipinski definition) is 0. The minimum Gasteiger partial charge on any atom is -0.212 e. The van der Waals surface area contributed by atoms with Crippen molar-refractivity contribution in [3.05, 3.63) is 11.9 Å². The van der Waals surface area contributed by atoms with Crippen molar-refractivity contribution in [1.29, 1.82) is 0 Å². The molecule has 1 fully saturated rings. The molecule has 1 saturated carbocycles. The first-order chi connectivity index (χ1) is 3.83. The second kappa shape index (κ2) is 2.29. The fourth-order valence-electron chi connectivity index (χ4n) is 0.636. The number of hydrogen-bond donors (Lipinski definition) is 0. The van der Waals surface area contributed by atoms with E-state index >= 15 is 0 Å². The number of halogens is 1. The van der Waals surface area contributed by atoms with Crippen LogP contribution in [0.3, 0.4) is 0 Å². The van der Waals surface area contributed by atoms with Crippen LogP contribution in [0, 0.1) is 5.92 Å². The van der Waals surface area contributed by atoms with Crippen molar-refractivity contribution in [2.24, 2.45) is 5.92 Å². The highest BCUT2D eigenvalue weighted by Gasteiger charge is 2.18. The summed E-state index contributed by atoms with van der Waals surface area (Å²) in [5.74, 6) is 0.655. The molecule has 1 aliphatic carbocycles. The quantitative estimate of drug-likeness (QED) is 0.517. The van der Waals surface area contributed by atoms with Crippen LogP contribution in [0.5, 0.6) is 0 Å². The van der Waals surface area contributed by atoms with Crippen LogP contribution in [0.1, 0.15) is 26.2 Å². The Morgan fingerprint density at radius 1 is 1.75 bits per heavy atom. The monoisotopic (exact) mass is 114 g/mol. The van der Waals surface area contributed by atoms with Gasteiger partial charge in [-0.15, -0.1) is 0 Å². The van der Waals surface area contributed by atoms with E-state index in [-0.39, 0.29) is 5.83 Å². The van der Waals surface area contributed by atoms with Gasteiger partial charge in [-0.3, -0.25) is 0 Å². The molecule has 0 bridgehead atoms. The summed E-state index contributed by atoms with van der Waals surface area (Å²) in [6.45, 7) is 1.84. The number of rotatable bonds is 2. The van der Waals surface area contributed by atoms with Gasteiger partial charge in [0.25, 0.3) is 0 Å².